The SMILES string of the molecule is O=C(Nc1cccc(C(F)(F)F)c1)c1csc(-c2n[nH]c3ccccc23)c1. The number of halogens is 3. The molecule has 0 saturated carbocycles. The molecule has 0 atom stereocenters. The fourth-order valence-electron chi connectivity index (χ4n) is 2.71. The molecule has 136 valence electrons. The van der Waals surface area contributed by atoms with Crippen molar-refractivity contribution in [3.63, 3.8) is 0 Å². The summed E-state index contributed by atoms with van der Waals surface area (Å²) in [6.07, 6.45) is -4.46. The predicted molar refractivity (Wildman–Crippen MR) is 98.8 cm³/mol. The molecule has 0 aliphatic rings. The Morgan fingerprint density at radius 2 is 1.89 bits per heavy atom. The topological polar surface area (TPSA) is 57.8 Å². The molecule has 27 heavy (non-hydrogen) atoms. The zero-order chi connectivity index (χ0) is 19.0. The molecule has 0 spiro atoms. The minimum Gasteiger partial charge on any atom is -0.322 e. The molecule has 1 amide bonds. The summed E-state index contributed by atoms with van der Waals surface area (Å²) in [5.41, 5.74) is 1.26. The highest BCUT2D eigenvalue weighted by Crippen LogP contribution is 2.33. The van der Waals surface area contributed by atoms with E-state index in [4.69, 9.17) is 0 Å². The Bertz CT molecular complexity index is 1130. The third kappa shape index (κ3) is 3.43. The third-order valence-electron chi connectivity index (χ3n) is 4.01. The molecule has 4 aromatic rings. The molecule has 0 fully saturated rings. The Labute approximate surface area is 155 Å². The van der Waals surface area contributed by atoms with E-state index in [-0.39, 0.29) is 5.69 Å². The van der Waals surface area contributed by atoms with Crippen LogP contribution < -0.4 is 5.32 Å². The van der Waals surface area contributed by atoms with Crippen LogP contribution in [0.1, 0.15) is 15.9 Å². The summed E-state index contributed by atoms with van der Waals surface area (Å²) in [6, 6.07) is 13.8. The lowest BCUT2D eigenvalue weighted by Crippen LogP contribution is -2.12. The quantitative estimate of drug-likeness (QED) is 0.483. The van der Waals surface area contributed by atoms with Gasteiger partial charge in [-0.25, -0.2) is 0 Å². The standard InChI is InChI=1S/C19H12F3N3OS/c20-19(21,22)12-4-3-5-13(9-12)23-18(26)11-8-16(27-10-11)17-14-6-1-2-7-15(14)24-25-17/h1-10H,(H,23,26)(H,24,25). The number of aromatic nitrogens is 2. The van der Waals surface area contributed by atoms with E-state index in [1.807, 2.05) is 24.3 Å². The maximum absolute atomic E-state index is 12.8. The average Bonchev–Trinajstić information content (AvgIpc) is 3.28. The number of rotatable bonds is 3. The molecule has 0 unspecified atom stereocenters. The highest BCUT2D eigenvalue weighted by molar-refractivity contribution is 7.14. The van der Waals surface area contributed by atoms with Gasteiger partial charge in [0, 0.05) is 16.5 Å². The van der Waals surface area contributed by atoms with Crippen molar-refractivity contribution in [2.45, 2.75) is 6.18 Å². The van der Waals surface area contributed by atoms with Gasteiger partial charge in [0.25, 0.3) is 5.91 Å². The summed E-state index contributed by atoms with van der Waals surface area (Å²) in [6.45, 7) is 0. The Balaban J connectivity index is 1.58. The molecule has 0 aliphatic carbocycles. The summed E-state index contributed by atoms with van der Waals surface area (Å²) in [5, 5.41) is 12.3. The van der Waals surface area contributed by atoms with Crippen molar-refractivity contribution >= 4 is 33.8 Å². The van der Waals surface area contributed by atoms with Gasteiger partial charge in [0.2, 0.25) is 0 Å². The Kier molecular flexibility index (Phi) is 4.19. The van der Waals surface area contributed by atoms with Crippen molar-refractivity contribution in [1.29, 1.82) is 0 Å². The van der Waals surface area contributed by atoms with Gasteiger partial charge in [-0.15, -0.1) is 11.3 Å². The number of hydrogen-bond donors (Lipinski definition) is 2. The lowest BCUT2D eigenvalue weighted by molar-refractivity contribution is -0.137. The number of nitrogens with zero attached hydrogens (tertiary/aromatic N) is 1. The van der Waals surface area contributed by atoms with Crippen molar-refractivity contribution in [3.8, 4) is 10.6 Å². The van der Waals surface area contributed by atoms with Gasteiger partial charge < -0.3 is 5.32 Å². The van der Waals surface area contributed by atoms with E-state index >= 15 is 0 Å². The minimum absolute atomic E-state index is 0.0906. The lowest BCUT2D eigenvalue weighted by Gasteiger charge is -2.09. The highest BCUT2D eigenvalue weighted by atomic mass is 32.1. The van der Waals surface area contributed by atoms with Gasteiger partial charge in [0.05, 0.1) is 21.5 Å². The van der Waals surface area contributed by atoms with Crippen LogP contribution in [0.15, 0.2) is 60.0 Å². The number of thiophene rings is 1. The first-order valence-corrected chi connectivity index (χ1v) is 8.80. The number of alkyl halides is 3. The number of hydrogen-bond acceptors (Lipinski definition) is 3. The molecular weight excluding hydrogens is 375 g/mol. The van der Waals surface area contributed by atoms with Gasteiger partial charge in [0.15, 0.2) is 0 Å². The van der Waals surface area contributed by atoms with Crippen LogP contribution in [0.4, 0.5) is 18.9 Å². The van der Waals surface area contributed by atoms with E-state index in [0.29, 0.717) is 5.56 Å². The second-order valence-electron chi connectivity index (χ2n) is 5.85. The zero-order valence-corrected chi connectivity index (χ0v) is 14.5. The molecule has 0 bridgehead atoms. The van der Waals surface area contributed by atoms with E-state index in [1.54, 1.807) is 11.4 Å². The number of aromatic amines is 1. The van der Waals surface area contributed by atoms with Crippen molar-refractivity contribution in [1.82, 2.24) is 10.2 Å². The minimum atomic E-state index is -4.46. The molecule has 0 radical (unpaired) electrons. The van der Waals surface area contributed by atoms with Gasteiger partial charge in [0.1, 0.15) is 5.69 Å². The maximum Gasteiger partial charge on any atom is 0.416 e. The third-order valence-corrected chi connectivity index (χ3v) is 4.95. The van der Waals surface area contributed by atoms with E-state index in [2.05, 4.69) is 15.5 Å². The average molecular weight is 387 g/mol. The van der Waals surface area contributed by atoms with E-state index in [1.165, 1.54) is 23.5 Å². The van der Waals surface area contributed by atoms with Crippen molar-refractivity contribution < 1.29 is 18.0 Å². The molecule has 2 heterocycles. The number of para-hydroxylation sites is 1. The van der Waals surface area contributed by atoms with Crippen LogP contribution in [-0.2, 0) is 6.18 Å². The number of fused-ring (bicyclic) bond motifs is 1. The van der Waals surface area contributed by atoms with Crippen LogP contribution >= 0.6 is 11.3 Å². The first kappa shape index (κ1) is 17.3. The summed E-state index contributed by atoms with van der Waals surface area (Å²) >= 11 is 1.35. The van der Waals surface area contributed by atoms with Gasteiger partial charge in [-0.2, -0.15) is 18.3 Å². The molecular formula is C19H12F3N3OS. The van der Waals surface area contributed by atoms with Gasteiger partial charge in [-0.3, -0.25) is 9.89 Å². The molecule has 4 nitrogen and oxygen atoms in total. The lowest BCUT2D eigenvalue weighted by atomic mass is 10.1. The number of carbonyl (C=O) groups excluding carboxylic acids is 1. The summed E-state index contributed by atoms with van der Waals surface area (Å²) in [5.74, 6) is -0.475. The first-order valence-electron chi connectivity index (χ1n) is 7.92. The van der Waals surface area contributed by atoms with Gasteiger partial charge in [-0.05, 0) is 30.3 Å². The molecule has 4 rings (SSSR count). The molecule has 2 N–H and O–H groups in total. The molecule has 0 saturated heterocycles. The second kappa shape index (κ2) is 6.55. The van der Waals surface area contributed by atoms with Gasteiger partial charge >= 0.3 is 6.18 Å². The number of nitrogens with one attached hydrogen (secondary N) is 2. The highest BCUT2D eigenvalue weighted by Gasteiger charge is 2.30. The van der Waals surface area contributed by atoms with Crippen LogP contribution in [0.5, 0.6) is 0 Å². The summed E-state index contributed by atoms with van der Waals surface area (Å²) < 4.78 is 38.4. The van der Waals surface area contributed by atoms with Crippen molar-refractivity contribution in [2.24, 2.45) is 0 Å². The number of amides is 1. The largest absolute Gasteiger partial charge is 0.416 e. The molecule has 2 aromatic heterocycles. The van der Waals surface area contributed by atoms with Crippen LogP contribution in [0, 0.1) is 0 Å². The predicted octanol–water partition coefficient (Wildman–Crippen LogP) is 5.56. The Hall–Kier alpha value is -3.13. The zero-order valence-electron chi connectivity index (χ0n) is 13.7. The van der Waals surface area contributed by atoms with Gasteiger partial charge in [-0.1, -0.05) is 24.3 Å². The second-order valence-corrected chi connectivity index (χ2v) is 6.76. The number of H-pyrrole nitrogens is 1. The molecule has 8 heteroatoms. The molecule has 0 aliphatic heterocycles. The number of carbonyl (C=O) groups is 1. The Morgan fingerprint density at radius 1 is 1.07 bits per heavy atom. The number of anilines is 1. The normalized spacial score (nSPS) is 11.7. The van der Waals surface area contributed by atoms with Crippen molar-refractivity contribution in [2.75, 3.05) is 5.32 Å². The van der Waals surface area contributed by atoms with E-state index < -0.39 is 17.6 Å². The fraction of sp³-hybridized carbons (Fsp3) is 0.0526. The Morgan fingerprint density at radius 3 is 2.70 bits per heavy atom. The summed E-state index contributed by atoms with van der Waals surface area (Å²) in [7, 11) is 0. The van der Waals surface area contributed by atoms with Crippen LogP contribution in [0.25, 0.3) is 21.5 Å². The number of benzene rings is 2. The maximum atomic E-state index is 12.8. The first-order chi connectivity index (χ1) is 12.9. The smallest absolute Gasteiger partial charge is 0.322 e. The van der Waals surface area contributed by atoms with E-state index in [9.17, 15) is 18.0 Å². The van der Waals surface area contributed by atoms with Crippen LogP contribution in [0.3, 0.4) is 0 Å². The van der Waals surface area contributed by atoms with Crippen LogP contribution in [0.2, 0.25) is 0 Å². The van der Waals surface area contributed by atoms with Crippen molar-refractivity contribution in [3.05, 3.63) is 71.1 Å². The molecule has 2 aromatic carbocycles. The van der Waals surface area contributed by atoms with Crippen LogP contribution in [-0.4, -0.2) is 16.1 Å². The van der Waals surface area contributed by atoms with E-state index in [0.717, 1.165) is 33.6 Å². The fourth-order valence-corrected chi connectivity index (χ4v) is 3.60. The summed E-state index contributed by atoms with van der Waals surface area (Å²) in [4.78, 5) is 13.2. The monoisotopic (exact) mass is 387 g/mol.